The third-order valence-electron chi connectivity index (χ3n) is 3.34. The van der Waals surface area contributed by atoms with Gasteiger partial charge in [-0.1, -0.05) is 23.2 Å². The van der Waals surface area contributed by atoms with Gasteiger partial charge in [0.05, 0.1) is 11.6 Å². The lowest BCUT2D eigenvalue weighted by atomic mass is 10.3. The number of hydrogen-bond donors (Lipinski definition) is 1. The summed E-state index contributed by atoms with van der Waals surface area (Å²) in [5.74, 6) is 0.488. The van der Waals surface area contributed by atoms with Gasteiger partial charge < -0.3 is 15.0 Å². The lowest BCUT2D eigenvalue weighted by molar-refractivity contribution is -0.120. The number of nitrogens with zero attached hydrogens (tertiary/aromatic N) is 1. The number of likely N-dealkylation sites (tertiary alicyclic amines) is 1. The van der Waals surface area contributed by atoms with Crippen molar-refractivity contribution in [3.05, 3.63) is 28.2 Å². The highest BCUT2D eigenvalue weighted by molar-refractivity contribution is 7.80. The second-order valence-corrected chi connectivity index (χ2v) is 6.30. The predicted molar refractivity (Wildman–Crippen MR) is 92.7 cm³/mol. The van der Waals surface area contributed by atoms with Crippen molar-refractivity contribution in [1.29, 1.82) is 0 Å². The largest absolute Gasteiger partial charge is 0.492 e. The number of halogens is 2. The van der Waals surface area contributed by atoms with Gasteiger partial charge in [-0.3, -0.25) is 4.79 Å². The highest BCUT2D eigenvalue weighted by atomic mass is 35.5. The number of ether oxygens (including phenoxy) is 1. The normalized spacial score (nSPS) is 14.0. The molecule has 1 heterocycles. The Kier molecular flexibility index (Phi) is 6.73. The molecule has 0 radical (unpaired) electrons. The lowest BCUT2D eigenvalue weighted by Crippen LogP contribution is -2.41. The topological polar surface area (TPSA) is 41.6 Å². The van der Waals surface area contributed by atoms with Gasteiger partial charge in [0.1, 0.15) is 5.75 Å². The molecule has 0 bridgehead atoms. The van der Waals surface area contributed by atoms with Crippen LogP contribution in [0, 0.1) is 0 Å². The van der Waals surface area contributed by atoms with Gasteiger partial charge in [-0.05, 0) is 49.7 Å². The molecule has 120 valence electrons. The van der Waals surface area contributed by atoms with Gasteiger partial charge in [-0.15, -0.1) is 0 Å². The van der Waals surface area contributed by atoms with Gasteiger partial charge in [0, 0.05) is 24.5 Å². The monoisotopic (exact) mass is 360 g/mol. The maximum Gasteiger partial charge on any atom is 0.226 e. The van der Waals surface area contributed by atoms with Gasteiger partial charge in [-0.2, -0.15) is 0 Å². The molecule has 1 amide bonds. The van der Waals surface area contributed by atoms with Crippen LogP contribution in [0.15, 0.2) is 18.2 Å². The second-order valence-electron chi connectivity index (χ2n) is 5.07. The van der Waals surface area contributed by atoms with Crippen LogP contribution in [-0.2, 0) is 4.79 Å². The first kappa shape index (κ1) is 17.3. The van der Waals surface area contributed by atoms with Gasteiger partial charge in [-0.25, -0.2) is 0 Å². The van der Waals surface area contributed by atoms with E-state index in [0.29, 0.717) is 40.4 Å². The fourth-order valence-electron chi connectivity index (χ4n) is 2.19. The highest BCUT2D eigenvalue weighted by Crippen LogP contribution is 2.27. The SMILES string of the molecule is O=C(CCCOc1ccc(Cl)cc1Cl)NC(=S)N1CCCC1. The van der Waals surface area contributed by atoms with E-state index in [0.717, 1.165) is 25.9 Å². The summed E-state index contributed by atoms with van der Waals surface area (Å²) in [5.41, 5.74) is 0. The van der Waals surface area contributed by atoms with Crippen LogP contribution in [0.5, 0.6) is 5.75 Å². The molecule has 1 saturated heterocycles. The number of hydrogen-bond acceptors (Lipinski definition) is 3. The average Bonchev–Trinajstić information content (AvgIpc) is 2.99. The third-order valence-corrected chi connectivity index (χ3v) is 4.23. The van der Waals surface area contributed by atoms with Crippen molar-refractivity contribution in [2.24, 2.45) is 0 Å². The van der Waals surface area contributed by atoms with Gasteiger partial charge >= 0.3 is 0 Å². The van der Waals surface area contributed by atoms with Gasteiger partial charge in [0.25, 0.3) is 0 Å². The average molecular weight is 361 g/mol. The van der Waals surface area contributed by atoms with E-state index < -0.39 is 0 Å². The van der Waals surface area contributed by atoms with Crippen molar-refractivity contribution in [1.82, 2.24) is 10.2 Å². The fraction of sp³-hybridized carbons (Fsp3) is 0.467. The Morgan fingerprint density at radius 2 is 2.05 bits per heavy atom. The summed E-state index contributed by atoms with van der Waals surface area (Å²) in [7, 11) is 0. The first-order valence-electron chi connectivity index (χ1n) is 7.23. The molecule has 1 aliphatic heterocycles. The molecule has 1 fully saturated rings. The molecule has 1 aromatic rings. The van der Waals surface area contributed by atoms with Crippen LogP contribution in [0.2, 0.25) is 10.0 Å². The quantitative estimate of drug-likeness (QED) is 0.642. The van der Waals surface area contributed by atoms with Crippen molar-refractivity contribution in [2.45, 2.75) is 25.7 Å². The van der Waals surface area contributed by atoms with E-state index in [1.54, 1.807) is 18.2 Å². The van der Waals surface area contributed by atoms with Crippen molar-refractivity contribution in [3.8, 4) is 5.75 Å². The fourth-order valence-corrected chi connectivity index (χ4v) is 2.95. The maximum absolute atomic E-state index is 11.8. The minimum absolute atomic E-state index is 0.0808. The summed E-state index contributed by atoms with van der Waals surface area (Å²) < 4.78 is 5.53. The molecule has 0 aromatic heterocycles. The number of amides is 1. The van der Waals surface area contributed by atoms with Crippen LogP contribution in [0.3, 0.4) is 0 Å². The number of nitrogens with one attached hydrogen (secondary N) is 1. The molecule has 22 heavy (non-hydrogen) atoms. The molecule has 0 unspecified atom stereocenters. The molecule has 1 N–H and O–H groups in total. The molecule has 0 saturated carbocycles. The van der Waals surface area contributed by atoms with Crippen molar-refractivity contribution < 1.29 is 9.53 Å². The van der Waals surface area contributed by atoms with Crippen LogP contribution in [-0.4, -0.2) is 35.6 Å². The van der Waals surface area contributed by atoms with E-state index in [-0.39, 0.29) is 5.91 Å². The summed E-state index contributed by atoms with van der Waals surface area (Å²) >= 11 is 17.0. The van der Waals surface area contributed by atoms with Crippen LogP contribution < -0.4 is 10.1 Å². The highest BCUT2D eigenvalue weighted by Gasteiger charge is 2.16. The van der Waals surface area contributed by atoms with Crippen molar-refractivity contribution in [2.75, 3.05) is 19.7 Å². The molecule has 7 heteroatoms. The summed E-state index contributed by atoms with van der Waals surface area (Å²) in [6.07, 6.45) is 3.21. The molecule has 0 atom stereocenters. The molecule has 0 aliphatic carbocycles. The first-order valence-corrected chi connectivity index (χ1v) is 8.39. The molecule has 1 aliphatic rings. The summed E-state index contributed by atoms with van der Waals surface area (Å²) in [5, 5.41) is 4.32. The zero-order valence-electron chi connectivity index (χ0n) is 12.1. The molecule has 1 aromatic carbocycles. The number of thiocarbonyl (C=S) groups is 1. The molecular weight excluding hydrogens is 343 g/mol. The van der Waals surface area contributed by atoms with Crippen LogP contribution in [0.1, 0.15) is 25.7 Å². The minimum Gasteiger partial charge on any atom is -0.492 e. The van der Waals surface area contributed by atoms with Crippen LogP contribution >= 0.6 is 35.4 Å². The second kappa shape index (κ2) is 8.56. The van der Waals surface area contributed by atoms with E-state index in [1.165, 1.54) is 0 Å². The zero-order chi connectivity index (χ0) is 15.9. The Morgan fingerprint density at radius 3 is 2.73 bits per heavy atom. The molecule has 0 spiro atoms. The Morgan fingerprint density at radius 1 is 1.32 bits per heavy atom. The van der Waals surface area contributed by atoms with Crippen molar-refractivity contribution >= 4 is 46.4 Å². The first-order chi connectivity index (χ1) is 10.6. The Labute approximate surface area is 145 Å². The van der Waals surface area contributed by atoms with E-state index >= 15 is 0 Å². The Bertz CT molecular complexity index is 548. The van der Waals surface area contributed by atoms with Crippen LogP contribution in [0.4, 0.5) is 0 Å². The Hall–Kier alpha value is -1.04. The number of rotatable bonds is 5. The van der Waals surface area contributed by atoms with Gasteiger partial charge in [0.2, 0.25) is 5.91 Å². The summed E-state index contributed by atoms with van der Waals surface area (Å²) in [6.45, 7) is 2.26. The van der Waals surface area contributed by atoms with E-state index in [9.17, 15) is 4.79 Å². The minimum atomic E-state index is -0.0808. The van der Waals surface area contributed by atoms with Gasteiger partial charge in [0.15, 0.2) is 5.11 Å². The predicted octanol–water partition coefficient (Wildman–Crippen LogP) is 3.65. The Balaban J connectivity index is 1.65. The standard InChI is InChI=1S/C15H18Cl2N2O2S/c16-11-5-6-13(12(17)10-11)21-9-3-4-14(20)18-15(22)19-7-1-2-8-19/h5-6,10H,1-4,7-9H2,(H,18,20,22). The van der Waals surface area contributed by atoms with Crippen LogP contribution in [0.25, 0.3) is 0 Å². The summed E-state index contributed by atoms with van der Waals surface area (Å²) in [4.78, 5) is 13.8. The summed E-state index contributed by atoms with van der Waals surface area (Å²) in [6, 6.07) is 5.05. The van der Waals surface area contributed by atoms with E-state index in [1.807, 2.05) is 4.90 Å². The molecule has 4 nitrogen and oxygen atoms in total. The molecule has 2 rings (SSSR count). The smallest absolute Gasteiger partial charge is 0.226 e. The maximum atomic E-state index is 11.8. The van der Waals surface area contributed by atoms with Crippen molar-refractivity contribution in [3.63, 3.8) is 0 Å². The number of benzene rings is 1. The molecular formula is C15H18Cl2N2O2S. The zero-order valence-corrected chi connectivity index (χ0v) is 14.4. The third kappa shape index (κ3) is 5.30. The number of carbonyl (C=O) groups is 1. The van der Waals surface area contributed by atoms with E-state index in [2.05, 4.69) is 5.32 Å². The van der Waals surface area contributed by atoms with E-state index in [4.69, 9.17) is 40.2 Å². The number of carbonyl (C=O) groups excluding carboxylic acids is 1. The lowest BCUT2D eigenvalue weighted by Gasteiger charge is -2.18.